The molecule has 0 aliphatic heterocycles. The van der Waals surface area contributed by atoms with Gasteiger partial charge in [-0.05, 0) is 19.4 Å². The highest BCUT2D eigenvalue weighted by Gasteiger charge is 2.33. The third kappa shape index (κ3) is 5.24. The normalized spacial score (nSPS) is 13.0. The monoisotopic (exact) mass is 323 g/mol. The summed E-state index contributed by atoms with van der Waals surface area (Å²) in [6.07, 6.45) is 0.960. The van der Waals surface area contributed by atoms with Gasteiger partial charge in [0.2, 0.25) is 5.91 Å². The molecular formula is C15H21N3O5. The maximum absolute atomic E-state index is 11.9. The number of para-hydroxylation sites is 2. The second-order valence-electron chi connectivity index (χ2n) is 5.39. The molecular weight excluding hydrogens is 302 g/mol. The second kappa shape index (κ2) is 8.11. The van der Waals surface area contributed by atoms with Crippen LogP contribution in [0.4, 0.5) is 11.4 Å². The molecule has 0 saturated carbocycles. The lowest BCUT2D eigenvalue weighted by Crippen LogP contribution is -2.52. The fourth-order valence-electron chi connectivity index (χ4n) is 2.19. The van der Waals surface area contributed by atoms with Crippen LogP contribution in [-0.4, -0.2) is 34.0 Å². The Labute approximate surface area is 134 Å². The van der Waals surface area contributed by atoms with E-state index in [1.54, 1.807) is 18.2 Å². The number of aliphatic carboxylic acids is 1. The number of carboxylic acid groups (broad SMARTS) is 1. The van der Waals surface area contributed by atoms with Gasteiger partial charge in [0.25, 0.3) is 5.69 Å². The first kappa shape index (κ1) is 18.4. The lowest BCUT2D eigenvalue weighted by molar-refractivity contribution is -0.384. The molecule has 0 heterocycles. The molecule has 0 saturated heterocycles. The lowest BCUT2D eigenvalue weighted by atomic mass is 9.96. The van der Waals surface area contributed by atoms with Crippen molar-refractivity contribution in [1.29, 1.82) is 0 Å². The van der Waals surface area contributed by atoms with E-state index in [2.05, 4.69) is 10.6 Å². The van der Waals surface area contributed by atoms with Gasteiger partial charge in [0.05, 0.1) is 4.92 Å². The number of amides is 1. The van der Waals surface area contributed by atoms with Crippen molar-refractivity contribution in [1.82, 2.24) is 5.32 Å². The van der Waals surface area contributed by atoms with E-state index in [4.69, 9.17) is 0 Å². The molecule has 1 aromatic carbocycles. The molecule has 0 aliphatic carbocycles. The highest BCUT2D eigenvalue weighted by atomic mass is 16.6. The first-order valence-electron chi connectivity index (χ1n) is 7.32. The Kier molecular flexibility index (Phi) is 6.49. The van der Waals surface area contributed by atoms with E-state index >= 15 is 0 Å². The zero-order chi connectivity index (χ0) is 17.5. The first-order chi connectivity index (χ1) is 10.8. The maximum atomic E-state index is 11.9. The molecule has 0 spiro atoms. The molecule has 3 N–H and O–H groups in total. The van der Waals surface area contributed by atoms with Crippen LogP contribution in [0.3, 0.4) is 0 Å². The Bertz CT molecular complexity index is 590. The predicted octanol–water partition coefficient (Wildman–Crippen LogP) is 2.16. The Morgan fingerprint density at radius 1 is 1.35 bits per heavy atom. The minimum absolute atomic E-state index is 0.0125. The predicted molar refractivity (Wildman–Crippen MR) is 85.3 cm³/mol. The van der Waals surface area contributed by atoms with Crippen LogP contribution in [0.5, 0.6) is 0 Å². The van der Waals surface area contributed by atoms with Gasteiger partial charge in [-0.2, -0.15) is 0 Å². The highest BCUT2D eigenvalue weighted by Crippen LogP contribution is 2.22. The number of hydrogen-bond donors (Lipinski definition) is 3. The van der Waals surface area contributed by atoms with Crippen molar-refractivity contribution in [2.75, 3.05) is 11.9 Å². The minimum atomic E-state index is -1.30. The number of nitro groups is 1. The summed E-state index contributed by atoms with van der Waals surface area (Å²) < 4.78 is 0. The van der Waals surface area contributed by atoms with E-state index in [-0.39, 0.29) is 18.7 Å². The van der Waals surface area contributed by atoms with Crippen LogP contribution in [0.15, 0.2) is 24.3 Å². The molecule has 23 heavy (non-hydrogen) atoms. The fourth-order valence-corrected chi connectivity index (χ4v) is 2.19. The number of nitrogens with zero attached hydrogens (tertiary/aromatic N) is 1. The van der Waals surface area contributed by atoms with Gasteiger partial charge in [-0.3, -0.25) is 14.9 Å². The summed E-state index contributed by atoms with van der Waals surface area (Å²) >= 11 is 0. The van der Waals surface area contributed by atoms with E-state index in [0.717, 1.165) is 0 Å². The standard InChI is InChI=1S/C15H21N3O5/c1-3-9-15(2,14(20)21)17-13(19)8-10-16-11-6-4-5-7-12(11)18(22)23/h4-7,16H,3,8-10H2,1-2H3,(H,17,19)(H,20,21). The first-order valence-corrected chi connectivity index (χ1v) is 7.32. The molecule has 1 rings (SSSR count). The zero-order valence-corrected chi connectivity index (χ0v) is 13.2. The lowest BCUT2D eigenvalue weighted by Gasteiger charge is -2.25. The van der Waals surface area contributed by atoms with Crippen molar-refractivity contribution in [3.8, 4) is 0 Å². The summed E-state index contributed by atoms with van der Waals surface area (Å²) in [7, 11) is 0. The van der Waals surface area contributed by atoms with E-state index in [1.165, 1.54) is 13.0 Å². The Morgan fingerprint density at radius 3 is 2.57 bits per heavy atom. The van der Waals surface area contributed by atoms with Gasteiger partial charge in [0.15, 0.2) is 0 Å². The summed E-state index contributed by atoms with van der Waals surface area (Å²) in [5.41, 5.74) is -1.06. The van der Waals surface area contributed by atoms with Crippen molar-refractivity contribution < 1.29 is 19.6 Å². The van der Waals surface area contributed by atoms with Crippen molar-refractivity contribution in [3.05, 3.63) is 34.4 Å². The number of carbonyl (C=O) groups excluding carboxylic acids is 1. The van der Waals surface area contributed by atoms with Crippen LogP contribution in [0.2, 0.25) is 0 Å². The summed E-state index contributed by atoms with van der Waals surface area (Å²) in [5, 5.41) is 25.4. The summed E-state index contributed by atoms with van der Waals surface area (Å²) in [6.45, 7) is 3.47. The van der Waals surface area contributed by atoms with Crippen LogP contribution in [0.1, 0.15) is 33.1 Å². The summed E-state index contributed by atoms with van der Waals surface area (Å²) in [4.78, 5) is 33.5. The summed E-state index contributed by atoms with van der Waals surface area (Å²) in [6, 6.07) is 6.12. The number of rotatable bonds is 9. The van der Waals surface area contributed by atoms with Crippen molar-refractivity contribution >= 4 is 23.3 Å². The zero-order valence-electron chi connectivity index (χ0n) is 13.2. The SMILES string of the molecule is CCCC(C)(NC(=O)CCNc1ccccc1[N+](=O)[O-])C(=O)O. The largest absolute Gasteiger partial charge is 0.480 e. The van der Waals surface area contributed by atoms with Gasteiger partial charge in [0.1, 0.15) is 11.2 Å². The number of carboxylic acids is 1. The second-order valence-corrected chi connectivity index (χ2v) is 5.39. The molecule has 8 nitrogen and oxygen atoms in total. The van der Waals surface area contributed by atoms with Gasteiger partial charge in [-0.15, -0.1) is 0 Å². The Morgan fingerprint density at radius 2 is 2.00 bits per heavy atom. The van der Waals surface area contributed by atoms with E-state index in [1.807, 2.05) is 6.92 Å². The number of hydrogen-bond acceptors (Lipinski definition) is 5. The van der Waals surface area contributed by atoms with Gasteiger partial charge < -0.3 is 15.7 Å². The maximum Gasteiger partial charge on any atom is 0.329 e. The van der Waals surface area contributed by atoms with Gasteiger partial charge in [0, 0.05) is 19.0 Å². The summed E-state index contributed by atoms with van der Waals surface area (Å²) in [5.74, 6) is -1.51. The van der Waals surface area contributed by atoms with Crippen LogP contribution in [0.25, 0.3) is 0 Å². The third-order valence-corrected chi connectivity index (χ3v) is 3.41. The van der Waals surface area contributed by atoms with Crippen LogP contribution in [0, 0.1) is 10.1 Å². The average Bonchev–Trinajstić information content (AvgIpc) is 2.47. The molecule has 0 fully saturated rings. The van der Waals surface area contributed by atoms with Crippen molar-refractivity contribution in [2.24, 2.45) is 0 Å². The Balaban J connectivity index is 2.58. The highest BCUT2D eigenvalue weighted by molar-refractivity contribution is 5.86. The molecule has 1 aromatic rings. The number of nitrogens with one attached hydrogen (secondary N) is 2. The molecule has 0 aliphatic rings. The quantitative estimate of drug-likeness (QED) is 0.473. The number of carbonyl (C=O) groups is 2. The van der Waals surface area contributed by atoms with Crippen molar-refractivity contribution in [3.63, 3.8) is 0 Å². The van der Waals surface area contributed by atoms with E-state index in [9.17, 15) is 24.8 Å². The number of anilines is 1. The van der Waals surface area contributed by atoms with Gasteiger partial charge in [-0.1, -0.05) is 25.5 Å². The molecule has 0 bridgehead atoms. The fraction of sp³-hybridized carbons (Fsp3) is 0.467. The van der Waals surface area contributed by atoms with Crippen LogP contribution >= 0.6 is 0 Å². The van der Waals surface area contributed by atoms with E-state index < -0.39 is 22.3 Å². The molecule has 1 amide bonds. The smallest absolute Gasteiger partial charge is 0.329 e. The molecule has 0 aromatic heterocycles. The van der Waals surface area contributed by atoms with E-state index in [0.29, 0.717) is 18.5 Å². The number of nitro benzene ring substituents is 1. The topological polar surface area (TPSA) is 122 Å². The molecule has 8 heteroatoms. The Hall–Kier alpha value is -2.64. The third-order valence-electron chi connectivity index (χ3n) is 3.41. The van der Waals surface area contributed by atoms with Crippen molar-refractivity contribution in [2.45, 2.75) is 38.6 Å². The minimum Gasteiger partial charge on any atom is -0.480 e. The molecule has 126 valence electrons. The number of benzene rings is 1. The van der Waals surface area contributed by atoms with Gasteiger partial charge in [-0.25, -0.2) is 4.79 Å². The molecule has 0 radical (unpaired) electrons. The van der Waals surface area contributed by atoms with Gasteiger partial charge >= 0.3 is 5.97 Å². The van der Waals surface area contributed by atoms with Crippen LogP contribution < -0.4 is 10.6 Å². The molecule has 1 atom stereocenters. The average molecular weight is 323 g/mol. The molecule has 1 unspecified atom stereocenters. The van der Waals surface area contributed by atoms with Crippen LogP contribution in [-0.2, 0) is 9.59 Å².